The van der Waals surface area contributed by atoms with Crippen molar-refractivity contribution in [3.8, 4) is 5.69 Å². The summed E-state index contributed by atoms with van der Waals surface area (Å²) in [4.78, 5) is 9.08. The van der Waals surface area contributed by atoms with Crippen LogP contribution in [0.3, 0.4) is 0 Å². The number of aryl methyl sites for hydroxylation is 1. The number of alkyl halides is 1. The Morgan fingerprint density at radius 2 is 1.95 bits per heavy atom. The van der Waals surface area contributed by atoms with E-state index in [2.05, 4.69) is 41.8 Å². The Morgan fingerprint density at radius 3 is 2.67 bits per heavy atom. The molecule has 0 spiro atoms. The lowest BCUT2D eigenvalue weighted by atomic mass is 10.3. The molecule has 108 valence electrons. The van der Waals surface area contributed by atoms with Crippen molar-refractivity contribution in [2.24, 2.45) is 0 Å². The average Bonchev–Trinajstić information content (AvgIpc) is 2.76. The molecule has 0 atom stereocenters. The Labute approximate surface area is 148 Å². The molecule has 0 fully saturated rings. The monoisotopic (exact) mass is 447 g/mol. The summed E-state index contributed by atoms with van der Waals surface area (Å²) in [5.41, 5.74) is 2.42. The zero-order valence-electron chi connectivity index (χ0n) is 10.7. The molecule has 0 amide bonds. The molecule has 0 radical (unpaired) electrons. The number of hydrogen-bond donors (Lipinski definition) is 0. The van der Waals surface area contributed by atoms with Gasteiger partial charge in [-0.1, -0.05) is 27.5 Å². The van der Waals surface area contributed by atoms with Gasteiger partial charge in [0.2, 0.25) is 0 Å². The number of aromatic nitrogens is 3. The van der Waals surface area contributed by atoms with Crippen LogP contribution < -0.4 is 0 Å². The highest BCUT2D eigenvalue weighted by molar-refractivity contribution is 9.10. The molecule has 21 heavy (non-hydrogen) atoms. The number of rotatable bonds is 3. The first-order chi connectivity index (χ1) is 10.1. The highest BCUT2D eigenvalue weighted by Crippen LogP contribution is 2.29. The van der Waals surface area contributed by atoms with E-state index in [1.807, 2.05) is 28.8 Å². The molecule has 3 rings (SSSR count). The van der Waals surface area contributed by atoms with Crippen LogP contribution in [0.25, 0.3) is 16.9 Å². The van der Waals surface area contributed by atoms with Gasteiger partial charge in [-0.2, -0.15) is 0 Å². The zero-order chi connectivity index (χ0) is 15.0. The molecule has 0 unspecified atom stereocenters. The first-order valence-electron chi connectivity index (χ1n) is 6.14. The van der Waals surface area contributed by atoms with Gasteiger partial charge in [-0.25, -0.2) is 9.97 Å². The van der Waals surface area contributed by atoms with Crippen LogP contribution >= 0.6 is 55.1 Å². The van der Waals surface area contributed by atoms with E-state index in [1.54, 1.807) is 6.20 Å². The second-order valence-corrected chi connectivity index (χ2v) is 7.01. The van der Waals surface area contributed by atoms with Crippen molar-refractivity contribution in [1.82, 2.24) is 14.5 Å². The van der Waals surface area contributed by atoms with E-state index >= 15 is 0 Å². The van der Waals surface area contributed by atoms with Crippen molar-refractivity contribution >= 4 is 66.2 Å². The quantitative estimate of drug-likeness (QED) is 0.502. The Morgan fingerprint density at radius 1 is 1.14 bits per heavy atom. The summed E-state index contributed by atoms with van der Waals surface area (Å²) < 4.78 is 3.77. The van der Waals surface area contributed by atoms with Crippen molar-refractivity contribution in [3.63, 3.8) is 0 Å². The fourth-order valence-corrected chi connectivity index (χ4v) is 3.40. The lowest BCUT2D eigenvalue weighted by molar-refractivity contribution is 0.905. The Bertz CT molecular complexity index is 817. The van der Waals surface area contributed by atoms with Crippen LogP contribution in [0.4, 0.5) is 0 Å². The third-order valence-corrected chi connectivity index (χ3v) is 4.42. The van der Waals surface area contributed by atoms with E-state index in [0.29, 0.717) is 17.3 Å². The van der Waals surface area contributed by atoms with Crippen molar-refractivity contribution in [2.75, 3.05) is 5.88 Å². The largest absolute Gasteiger partial charge is 0.279 e. The average molecular weight is 450 g/mol. The van der Waals surface area contributed by atoms with Crippen LogP contribution in [0.2, 0.25) is 5.02 Å². The van der Waals surface area contributed by atoms with E-state index in [1.165, 1.54) is 0 Å². The Balaban J connectivity index is 2.30. The minimum Gasteiger partial charge on any atom is -0.279 e. The minimum atomic E-state index is 0.485. The van der Waals surface area contributed by atoms with E-state index in [-0.39, 0.29) is 0 Å². The number of imidazole rings is 1. The number of halogens is 4. The minimum absolute atomic E-state index is 0.485. The smallest absolute Gasteiger partial charge is 0.164 e. The number of fused-ring (bicyclic) bond motifs is 1. The Hall–Kier alpha value is -0.620. The predicted octanol–water partition coefficient (Wildman–Crippen LogP) is 5.38. The summed E-state index contributed by atoms with van der Waals surface area (Å²) in [7, 11) is 0. The third kappa shape index (κ3) is 2.97. The normalized spacial score (nSPS) is 11.2. The zero-order valence-corrected chi connectivity index (χ0v) is 15.3. The van der Waals surface area contributed by atoms with Crippen LogP contribution in [0.1, 0.15) is 5.82 Å². The van der Waals surface area contributed by atoms with Crippen LogP contribution in [0.5, 0.6) is 0 Å². The van der Waals surface area contributed by atoms with Crippen LogP contribution in [-0.2, 0) is 6.42 Å². The fourth-order valence-electron chi connectivity index (χ4n) is 2.16. The maximum atomic E-state index is 6.38. The highest BCUT2D eigenvalue weighted by atomic mass is 79.9. The van der Waals surface area contributed by atoms with Crippen molar-refractivity contribution in [1.29, 1.82) is 0 Å². The molecule has 2 aromatic heterocycles. The highest BCUT2D eigenvalue weighted by Gasteiger charge is 2.15. The molecule has 1 aromatic carbocycles. The summed E-state index contributed by atoms with van der Waals surface area (Å²) in [6.45, 7) is 0. The standard InChI is InChI=1S/C14H9Br2Cl2N3/c15-8-1-2-12(10(18)5-8)21-13(3-4-17)20-11-6-9(16)7-19-14(11)21/h1-2,5-7H,3-4H2. The molecule has 0 saturated carbocycles. The fraction of sp³-hybridized carbons (Fsp3) is 0.143. The first-order valence-corrected chi connectivity index (χ1v) is 8.64. The lowest BCUT2D eigenvalue weighted by Crippen LogP contribution is -2.03. The summed E-state index contributed by atoms with van der Waals surface area (Å²) in [6.07, 6.45) is 2.39. The van der Waals surface area contributed by atoms with Gasteiger partial charge in [-0.15, -0.1) is 11.6 Å². The number of nitrogens with zero attached hydrogens (tertiary/aromatic N) is 3. The van der Waals surface area contributed by atoms with Gasteiger partial charge in [0.25, 0.3) is 0 Å². The maximum Gasteiger partial charge on any atom is 0.164 e. The van der Waals surface area contributed by atoms with Gasteiger partial charge in [0.1, 0.15) is 11.3 Å². The van der Waals surface area contributed by atoms with Gasteiger partial charge in [0.05, 0.1) is 10.7 Å². The first kappa shape index (κ1) is 15.3. The van der Waals surface area contributed by atoms with Crippen LogP contribution in [-0.4, -0.2) is 20.4 Å². The van der Waals surface area contributed by atoms with Gasteiger partial charge in [-0.05, 0) is 40.2 Å². The van der Waals surface area contributed by atoms with Crippen LogP contribution in [0, 0.1) is 0 Å². The second kappa shape index (κ2) is 6.24. The molecule has 0 bridgehead atoms. The molecule has 3 nitrogen and oxygen atoms in total. The van der Waals surface area contributed by atoms with E-state index < -0.39 is 0 Å². The molecule has 7 heteroatoms. The predicted molar refractivity (Wildman–Crippen MR) is 93.7 cm³/mol. The van der Waals surface area contributed by atoms with E-state index in [0.717, 1.165) is 31.6 Å². The van der Waals surface area contributed by atoms with Gasteiger partial charge >= 0.3 is 0 Å². The molecular formula is C14H9Br2Cl2N3. The maximum absolute atomic E-state index is 6.38. The summed E-state index contributed by atoms with van der Waals surface area (Å²) in [6, 6.07) is 7.67. The van der Waals surface area contributed by atoms with Gasteiger partial charge < -0.3 is 0 Å². The molecule has 0 aliphatic carbocycles. The summed E-state index contributed by atoms with van der Waals surface area (Å²) in [5, 5.41) is 0.629. The summed E-state index contributed by atoms with van der Waals surface area (Å²) >= 11 is 19.1. The SMILES string of the molecule is ClCCc1nc2cc(Br)cnc2n1-c1ccc(Br)cc1Cl. The molecular weight excluding hydrogens is 441 g/mol. The molecule has 0 saturated heterocycles. The van der Waals surface area contributed by atoms with Gasteiger partial charge in [-0.3, -0.25) is 4.57 Å². The Kier molecular flexibility index (Phi) is 4.54. The summed E-state index contributed by atoms with van der Waals surface area (Å²) in [5.74, 6) is 1.33. The van der Waals surface area contributed by atoms with E-state index in [4.69, 9.17) is 23.2 Å². The lowest BCUT2D eigenvalue weighted by Gasteiger charge is -2.10. The van der Waals surface area contributed by atoms with Gasteiger partial charge in [0, 0.05) is 27.4 Å². The third-order valence-electron chi connectivity index (χ3n) is 3.00. The van der Waals surface area contributed by atoms with Crippen molar-refractivity contribution in [2.45, 2.75) is 6.42 Å². The number of pyridine rings is 1. The molecule has 2 heterocycles. The van der Waals surface area contributed by atoms with Crippen molar-refractivity contribution < 1.29 is 0 Å². The number of benzene rings is 1. The van der Waals surface area contributed by atoms with Gasteiger partial charge in [0.15, 0.2) is 5.65 Å². The molecule has 3 aromatic rings. The van der Waals surface area contributed by atoms with E-state index in [9.17, 15) is 0 Å². The topological polar surface area (TPSA) is 30.7 Å². The molecule has 0 aliphatic rings. The molecule has 0 aliphatic heterocycles. The number of hydrogen-bond acceptors (Lipinski definition) is 2. The van der Waals surface area contributed by atoms with Crippen molar-refractivity contribution in [3.05, 3.63) is 50.3 Å². The van der Waals surface area contributed by atoms with Crippen LogP contribution in [0.15, 0.2) is 39.4 Å². The second-order valence-electron chi connectivity index (χ2n) is 4.39. The molecule has 0 N–H and O–H groups in total.